The van der Waals surface area contributed by atoms with Gasteiger partial charge in [-0.1, -0.05) is 13.3 Å². The van der Waals surface area contributed by atoms with E-state index in [1.54, 1.807) is 29.1 Å². The zero-order valence-corrected chi connectivity index (χ0v) is 14.5. The Bertz CT molecular complexity index is 557. The smallest absolute Gasteiger partial charge is 0.409 e. The van der Waals surface area contributed by atoms with Crippen molar-refractivity contribution >= 4 is 17.7 Å². The highest BCUT2D eigenvalue weighted by Gasteiger charge is 2.25. The van der Waals surface area contributed by atoms with Crippen molar-refractivity contribution in [3.8, 4) is 0 Å². The molecule has 0 bridgehead atoms. The molecule has 1 saturated heterocycles. The number of hydrogen-bond donors (Lipinski definition) is 1. The minimum atomic E-state index is -0.312. The van der Waals surface area contributed by atoms with Crippen molar-refractivity contribution in [3.63, 3.8) is 0 Å². The largest absolute Gasteiger partial charge is 0.450 e. The second kappa shape index (κ2) is 9.10. The molecule has 0 saturated carbocycles. The average Bonchev–Trinajstić information content (AvgIpc) is 2.62. The third-order valence-corrected chi connectivity index (χ3v) is 3.94. The molecule has 0 aromatic carbocycles. The molecule has 0 aliphatic carbocycles. The summed E-state index contributed by atoms with van der Waals surface area (Å²) in [7, 11) is 0. The Kier molecular flexibility index (Phi) is 6.84. The third kappa shape index (κ3) is 4.84. The zero-order valence-electron chi connectivity index (χ0n) is 14.5. The van der Waals surface area contributed by atoms with Crippen LogP contribution in [0.15, 0.2) is 18.5 Å². The molecule has 7 heteroatoms. The summed E-state index contributed by atoms with van der Waals surface area (Å²) in [4.78, 5) is 31.8. The first kappa shape index (κ1) is 18.0. The van der Waals surface area contributed by atoms with Crippen molar-refractivity contribution in [2.24, 2.45) is 0 Å². The molecule has 1 aliphatic rings. The van der Waals surface area contributed by atoms with Gasteiger partial charge in [0.2, 0.25) is 0 Å². The van der Waals surface area contributed by atoms with Crippen LogP contribution in [0.5, 0.6) is 0 Å². The number of aromatic nitrogens is 1. The van der Waals surface area contributed by atoms with Crippen molar-refractivity contribution in [1.82, 2.24) is 14.8 Å². The number of anilines is 1. The fraction of sp³-hybridized carbons (Fsp3) is 0.588. The van der Waals surface area contributed by atoms with Crippen LogP contribution in [0.1, 0.15) is 37.0 Å². The molecular formula is C17H26N4O3. The van der Waals surface area contributed by atoms with Crippen LogP contribution in [0.3, 0.4) is 0 Å². The SMILES string of the molecule is CCCCNc1cncc(C(=O)N2CCN(C(=O)OCC)CC2)c1. The number of hydrogen-bond acceptors (Lipinski definition) is 5. The predicted molar refractivity (Wildman–Crippen MR) is 92.1 cm³/mol. The molecule has 1 aromatic heterocycles. The Balaban J connectivity index is 1.90. The molecule has 132 valence electrons. The summed E-state index contributed by atoms with van der Waals surface area (Å²) < 4.78 is 4.99. The predicted octanol–water partition coefficient (Wildman–Crippen LogP) is 2.21. The van der Waals surface area contributed by atoms with Gasteiger partial charge in [-0.05, 0) is 19.4 Å². The van der Waals surface area contributed by atoms with Gasteiger partial charge in [-0.15, -0.1) is 0 Å². The maximum atomic E-state index is 12.6. The first-order chi connectivity index (χ1) is 11.7. The third-order valence-electron chi connectivity index (χ3n) is 3.94. The number of ether oxygens (including phenoxy) is 1. The maximum Gasteiger partial charge on any atom is 0.409 e. The van der Waals surface area contributed by atoms with E-state index >= 15 is 0 Å². The number of unbranched alkanes of at least 4 members (excludes halogenated alkanes) is 1. The second-order valence-corrected chi connectivity index (χ2v) is 5.72. The van der Waals surface area contributed by atoms with E-state index in [1.807, 2.05) is 6.07 Å². The van der Waals surface area contributed by atoms with Crippen molar-refractivity contribution in [3.05, 3.63) is 24.0 Å². The van der Waals surface area contributed by atoms with E-state index in [1.165, 1.54) is 0 Å². The number of carbonyl (C=O) groups is 2. The van der Waals surface area contributed by atoms with E-state index in [9.17, 15) is 9.59 Å². The van der Waals surface area contributed by atoms with Gasteiger partial charge in [0, 0.05) is 45.1 Å². The summed E-state index contributed by atoms with van der Waals surface area (Å²) in [5.41, 5.74) is 1.43. The molecule has 0 spiro atoms. The Morgan fingerprint density at radius 2 is 1.88 bits per heavy atom. The second-order valence-electron chi connectivity index (χ2n) is 5.72. The van der Waals surface area contributed by atoms with E-state index in [4.69, 9.17) is 4.74 Å². The Labute approximate surface area is 143 Å². The molecule has 2 heterocycles. The van der Waals surface area contributed by atoms with Crippen LogP contribution in [0.4, 0.5) is 10.5 Å². The van der Waals surface area contributed by atoms with Gasteiger partial charge in [-0.25, -0.2) is 4.79 Å². The van der Waals surface area contributed by atoms with Gasteiger partial charge in [0.15, 0.2) is 0 Å². The van der Waals surface area contributed by atoms with E-state index in [-0.39, 0.29) is 12.0 Å². The number of nitrogens with one attached hydrogen (secondary N) is 1. The Morgan fingerprint density at radius 3 is 2.54 bits per heavy atom. The molecule has 1 aromatic rings. The molecule has 1 N–H and O–H groups in total. The highest BCUT2D eigenvalue weighted by atomic mass is 16.6. The highest BCUT2D eigenvalue weighted by Crippen LogP contribution is 2.13. The van der Waals surface area contributed by atoms with Crippen LogP contribution in [0.25, 0.3) is 0 Å². The topological polar surface area (TPSA) is 74.8 Å². The van der Waals surface area contributed by atoms with Crippen molar-refractivity contribution in [1.29, 1.82) is 0 Å². The minimum absolute atomic E-state index is 0.0508. The number of pyridine rings is 1. The Morgan fingerprint density at radius 1 is 1.17 bits per heavy atom. The quantitative estimate of drug-likeness (QED) is 0.807. The highest BCUT2D eigenvalue weighted by molar-refractivity contribution is 5.94. The minimum Gasteiger partial charge on any atom is -0.450 e. The van der Waals surface area contributed by atoms with E-state index in [0.29, 0.717) is 38.3 Å². The average molecular weight is 334 g/mol. The summed E-state index contributed by atoms with van der Waals surface area (Å²) in [6.45, 7) is 7.15. The first-order valence-corrected chi connectivity index (χ1v) is 8.55. The van der Waals surface area contributed by atoms with Crippen LogP contribution in [0.2, 0.25) is 0 Å². The van der Waals surface area contributed by atoms with Gasteiger partial charge in [-0.3, -0.25) is 9.78 Å². The van der Waals surface area contributed by atoms with Gasteiger partial charge in [0.1, 0.15) is 0 Å². The fourth-order valence-electron chi connectivity index (χ4n) is 2.55. The van der Waals surface area contributed by atoms with Crippen LogP contribution in [-0.2, 0) is 4.74 Å². The molecule has 2 amide bonds. The van der Waals surface area contributed by atoms with E-state index < -0.39 is 0 Å². The van der Waals surface area contributed by atoms with Gasteiger partial charge in [0.25, 0.3) is 5.91 Å². The number of carbonyl (C=O) groups excluding carboxylic acids is 2. The summed E-state index contributed by atoms with van der Waals surface area (Å²) >= 11 is 0. The van der Waals surface area contributed by atoms with E-state index in [2.05, 4.69) is 17.2 Å². The number of nitrogens with zero attached hydrogens (tertiary/aromatic N) is 3. The molecular weight excluding hydrogens is 308 g/mol. The van der Waals surface area contributed by atoms with Crippen LogP contribution >= 0.6 is 0 Å². The van der Waals surface area contributed by atoms with Crippen molar-refractivity contribution < 1.29 is 14.3 Å². The summed E-state index contributed by atoms with van der Waals surface area (Å²) in [5.74, 6) is -0.0508. The fourth-order valence-corrected chi connectivity index (χ4v) is 2.55. The molecule has 0 atom stereocenters. The summed E-state index contributed by atoms with van der Waals surface area (Å²) in [5, 5.41) is 3.28. The van der Waals surface area contributed by atoms with Crippen LogP contribution in [-0.4, -0.2) is 66.1 Å². The Hall–Kier alpha value is -2.31. The molecule has 2 rings (SSSR count). The molecule has 0 unspecified atom stereocenters. The first-order valence-electron chi connectivity index (χ1n) is 8.55. The maximum absolute atomic E-state index is 12.6. The van der Waals surface area contributed by atoms with Crippen molar-refractivity contribution in [2.45, 2.75) is 26.7 Å². The van der Waals surface area contributed by atoms with Gasteiger partial charge < -0.3 is 19.9 Å². The summed E-state index contributed by atoms with van der Waals surface area (Å²) in [6.07, 6.45) is 5.20. The zero-order chi connectivity index (χ0) is 17.4. The molecule has 24 heavy (non-hydrogen) atoms. The van der Waals surface area contributed by atoms with Crippen LogP contribution in [0, 0.1) is 0 Å². The summed E-state index contributed by atoms with van der Waals surface area (Å²) in [6, 6.07) is 1.84. The molecule has 0 radical (unpaired) electrons. The lowest BCUT2D eigenvalue weighted by Gasteiger charge is -2.34. The molecule has 1 aliphatic heterocycles. The monoisotopic (exact) mass is 334 g/mol. The number of piperazine rings is 1. The van der Waals surface area contributed by atoms with Gasteiger partial charge >= 0.3 is 6.09 Å². The molecule has 1 fully saturated rings. The lowest BCUT2D eigenvalue weighted by Crippen LogP contribution is -2.50. The van der Waals surface area contributed by atoms with E-state index in [0.717, 1.165) is 25.1 Å². The molecule has 7 nitrogen and oxygen atoms in total. The van der Waals surface area contributed by atoms with Crippen molar-refractivity contribution in [2.75, 3.05) is 44.6 Å². The van der Waals surface area contributed by atoms with Gasteiger partial charge in [-0.2, -0.15) is 0 Å². The normalized spacial score (nSPS) is 14.4. The lowest BCUT2D eigenvalue weighted by atomic mass is 10.2. The van der Waals surface area contributed by atoms with Gasteiger partial charge in [0.05, 0.1) is 17.9 Å². The lowest BCUT2D eigenvalue weighted by molar-refractivity contribution is 0.0570. The number of rotatable bonds is 6. The van der Waals surface area contributed by atoms with Crippen LogP contribution < -0.4 is 5.32 Å². The standard InChI is InChI=1S/C17H26N4O3/c1-3-5-6-19-15-11-14(12-18-13-15)16(22)20-7-9-21(10-8-20)17(23)24-4-2/h11-13,19H,3-10H2,1-2H3. The number of amides is 2.